The Hall–Kier alpha value is -0.570. The van der Waals surface area contributed by atoms with Crippen LogP contribution in [-0.2, 0) is 4.79 Å². The van der Waals surface area contributed by atoms with Gasteiger partial charge in [0.25, 0.3) is 0 Å². The van der Waals surface area contributed by atoms with E-state index < -0.39 is 0 Å². The minimum absolute atomic E-state index is 0.00111. The van der Waals surface area contributed by atoms with E-state index in [9.17, 15) is 4.79 Å². The second kappa shape index (κ2) is 4.36. The minimum Gasteiger partial charge on any atom is -0.325 e. The third kappa shape index (κ3) is 2.24. The van der Waals surface area contributed by atoms with Crippen LogP contribution in [0.25, 0.3) is 0 Å². The predicted molar refractivity (Wildman–Crippen MR) is 64.8 cm³/mol. The van der Waals surface area contributed by atoms with Crippen molar-refractivity contribution in [3.8, 4) is 0 Å². The zero-order valence-electron chi connectivity index (χ0n) is 10.9. The molecule has 3 unspecified atom stereocenters. The maximum atomic E-state index is 12.1. The number of carbonyl (C=O) groups excluding carboxylic acids is 1. The van der Waals surface area contributed by atoms with Gasteiger partial charge in [-0.15, -0.1) is 0 Å². The lowest BCUT2D eigenvalue weighted by molar-refractivity contribution is -0.130. The third-order valence-electron chi connectivity index (χ3n) is 3.95. The summed E-state index contributed by atoms with van der Waals surface area (Å²) in [5.74, 6) is 2.31. The fourth-order valence-corrected chi connectivity index (χ4v) is 2.68. The number of amides is 1. The van der Waals surface area contributed by atoms with E-state index in [0.717, 1.165) is 12.5 Å². The predicted octanol–water partition coefficient (Wildman–Crippen LogP) is 1.83. The monoisotopic (exact) mass is 224 g/mol. The van der Waals surface area contributed by atoms with Crippen LogP contribution in [0.1, 0.15) is 40.5 Å². The first-order valence-corrected chi connectivity index (χ1v) is 6.57. The topological polar surface area (TPSA) is 32.3 Å². The molecule has 0 aromatic rings. The zero-order chi connectivity index (χ0) is 11.9. The highest BCUT2D eigenvalue weighted by atomic mass is 16.2. The van der Waals surface area contributed by atoms with Crippen LogP contribution in [0.4, 0.5) is 0 Å². The summed E-state index contributed by atoms with van der Waals surface area (Å²) < 4.78 is 0. The highest BCUT2D eigenvalue weighted by Gasteiger charge is 2.40. The van der Waals surface area contributed by atoms with Crippen molar-refractivity contribution in [2.75, 3.05) is 6.54 Å². The molecule has 1 amide bonds. The Morgan fingerprint density at radius 1 is 1.38 bits per heavy atom. The average Bonchev–Trinajstić information content (AvgIpc) is 3.01. The van der Waals surface area contributed by atoms with Crippen LogP contribution < -0.4 is 5.32 Å². The van der Waals surface area contributed by atoms with Gasteiger partial charge < -0.3 is 4.90 Å². The molecule has 0 radical (unpaired) electrons. The Labute approximate surface area is 98.6 Å². The van der Waals surface area contributed by atoms with E-state index in [0.29, 0.717) is 11.8 Å². The van der Waals surface area contributed by atoms with Crippen LogP contribution in [0.2, 0.25) is 0 Å². The van der Waals surface area contributed by atoms with Gasteiger partial charge in [0.2, 0.25) is 5.91 Å². The zero-order valence-corrected chi connectivity index (χ0v) is 10.9. The summed E-state index contributed by atoms with van der Waals surface area (Å²) in [6, 6.07) is -0.00111. The van der Waals surface area contributed by atoms with Crippen molar-refractivity contribution in [3.05, 3.63) is 0 Å². The molecular formula is C13H24N2O. The van der Waals surface area contributed by atoms with Crippen LogP contribution in [-0.4, -0.2) is 29.6 Å². The number of carbonyl (C=O) groups is 1. The summed E-state index contributed by atoms with van der Waals surface area (Å²) in [6.45, 7) is 9.55. The first-order chi connectivity index (χ1) is 7.50. The molecule has 3 nitrogen and oxygen atoms in total. The van der Waals surface area contributed by atoms with Gasteiger partial charge in [-0.25, -0.2) is 0 Å². The van der Waals surface area contributed by atoms with Crippen LogP contribution in [0, 0.1) is 17.8 Å². The van der Waals surface area contributed by atoms with E-state index in [1.54, 1.807) is 0 Å². The molecule has 0 bridgehead atoms. The van der Waals surface area contributed by atoms with E-state index in [1.807, 2.05) is 6.92 Å². The lowest BCUT2D eigenvalue weighted by Crippen LogP contribution is -2.43. The molecule has 1 heterocycles. The lowest BCUT2D eigenvalue weighted by atomic mass is 10.0. The van der Waals surface area contributed by atoms with Gasteiger partial charge >= 0.3 is 0 Å². The largest absolute Gasteiger partial charge is 0.325 e. The Bertz CT molecular complexity index is 273. The summed E-state index contributed by atoms with van der Waals surface area (Å²) in [5.41, 5.74) is 0. The maximum Gasteiger partial charge on any atom is 0.240 e. The number of nitrogens with one attached hydrogen (secondary N) is 1. The maximum absolute atomic E-state index is 12.1. The van der Waals surface area contributed by atoms with Crippen molar-refractivity contribution in [3.63, 3.8) is 0 Å². The van der Waals surface area contributed by atoms with E-state index >= 15 is 0 Å². The molecule has 1 saturated carbocycles. The van der Waals surface area contributed by atoms with Gasteiger partial charge in [-0.1, -0.05) is 20.8 Å². The summed E-state index contributed by atoms with van der Waals surface area (Å²) in [5, 5.41) is 3.39. The van der Waals surface area contributed by atoms with Crippen molar-refractivity contribution in [2.24, 2.45) is 17.8 Å². The second-order valence-corrected chi connectivity index (χ2v) is 5.88. The standard InChI is InChI=1S/C13H24N2O/c1-8(2)12-14-10(4)13(16)15(12)7-9(3)11-5-6-11/h8-12,14H,5-7H2,1-4H3. The molecule has 0 aromatic heterocycles. The SMILES string of the molecule is CC1NC(C(C)C)N(CC(C)C2CC2)C1=O. The lowest BCUT2D eigenvalue weighted by Gasteiger charge is -2.29. The van der Waals surface area contributed by atoms with Crippen LogP contribution in [0.3, 0.4) is 0 Å². The van der Waals surface area contributed by atoms with E-state index in [-0.39, 0.29) is 18.1 Å². The van der Waals surface area contributed by atoms with Gasteiger partial charge in [0.15, 0.2) is 0 Å². The number of hydrogen-bond acceptors (Lipinski definition) is 2. The van der Waals surface area contributed by atoms with Crippen molar-refractivity contribution in [1.29, 1.82) is 0 Å². The molecule has 1 saturated heterocycles. The molecule has 0 spiro atoms. The number of nitrogens with zero attached hydrogens (tertiary/aromatic N) is 1. The fourth-order valence-electron chi connectivity index (χ4n) is 2.68. The molecule has 3 atom stereocenters. The molecule has 2 fully saturated rings. The van der Waals surface area contributed by atoms with Gasteiger partial charge in [0.1, 0.15) is 0 Å². The molecular weight excluding hydrogens is 200 g/mol. The van der Waals surface area contributed by atoms with Gasteiger partial charge in [-0.2, -0.15) is 0 Å². The van der Waals surface area contributed by atoms with Crippen LogP contribution in [0.5, 0.6) is 0 Å². The van der Waals surface area contributed by atoms with E-state index in [2.05, 4.69) is 31.0 Å². The summed E-state index contributed by atoms with van der Waals surface area (Å²) in [4.78, 5) is 14.1. The van der Waals surface area contributed by atoms with Crippen LogP contribution >= 0.6 is 0 Å². The molecule has 92 valence electrons. The van der Waals surface area contributed by atoms with E-state index in [4.69, 9.17) is 0 Å². The van der Waals surface area contributed by atoms with E-state index in [1.165, 1.54) is 12.8 Å². The smallest absolute Gasteiger partial charge is 0.240 e. The summed E-state index contributed by atoms with van der Waals surface area (Å²) in [6.07, 6.45) is 2.96. The van der Waals surface area contributed by atoms with Crippen LogP contribution in [0.15, 0.2) is 0 Å². The van der Waals surface area contributed by atoms with Gasteiger partial charge in [-0.05, 0) is 37.5 Å². The Balaban J connectivity index is 2.00. The first-order valence-electron chi connectivity index (χ1n) is 6.57. The molecule has 1 N–H and O–H groups in total. The van der Waals surface area contributed by atoms with Crippen molar-refractivity contribution in [2.45, 2.75) is 52.7 Å². The first kappa shape index (κ1) is 11.9. The molecule has 1 aliphatic heterocycles. The Morgan fingerprint density at radius 2 is 2.00 bits per heavy atom. The molecule has 16 heavy (non-hydrogen) atoms. The second-order valence-electron chi connectivity index (χ2n) is 5.88. The fraction of sp³-hybridized carbons (Fsp3) is 0.923. The molecule has 1 aliphatic carbocycles. The highest BCUT2D eigenvalue weighted by Crippen LogP contribution is 2.37. The number of rotatable bonds is 4. The summed E-state index contributed by atoms with van der Waals surface area (Å²) in [7, 11) is 0. The molecule has 2 rings (SSSR count). The average molecular weight is 224 g/mol. The van der Waals surface area contributed by atoms with Gasteiger partial charge in [0.05, 0.1) is 12.2 Å². The Kier molecular flexibility index (Phi) is 3.24. The third-order valence-corrected chi connectivity index (χ3v) is 3.95. The van der Waals surface area contributed by atoms with Gasteiger partial charge in [-0.3, -0.25) is 10.1 Å². The molecule has 3 heteroatoms. The summed E-state index contributed by atoms with van der Waals surface area (Å²) >= 11 is 0. The highest BCUT2D eigenvalue weighted by molar-refractivity contribution is 5.83. The van der Waals surface area contributed by atoms with Crippen molar-refractivity contribution >= 4 is 5.91 Å². The molecule has 2 aliphatic rings. The minimum atomic E-state index is -0.00111. The Morgan fingerprint density at radius 3 is 2.50 bits per heavy atom. The quantitative estimate of drug-likeness (QED) is 0.790. The van der Waals surface area contributed by atoms with Crippen molar-refractivity contribution < 1.29 is 4.79 Å². The van der Waals surface area contributed by atoms with Gasteiger partial charge in [0, 0.05) is 6.54 Å². The number of hydrogen-bond donors (Lipinski definition) is 1. The normalized spacial score (nSPS) is 32.6. The molecule has 0 aromatic carbocycles. The van der Waals surface area contributed by atoms with Crippen molar-refractivity contribution in [1.82, 2.24) is 10.2 Å².